The van der Waals surface area contributed by atoms with Gasteiger partial charge in [-0.3, -0.25) is 0 Å². The fraction of sp³-hybridized carbons (Fsp3) is 0.500. The first-order valence-corrected chi connectivity index (χ1v) is 2.53. The van der Waals surface area contributed by atoms with Gasteiger partial charge in [-0.05, 0) is 0 Å². The van der Waals surface area contributed by atoms with Crippen molar-refractivity contribution in [1.29, 1.82) is 0 Å². The number of carboxylic acid groups (broad SMARTS) is 4. The third-order valence-electron chi connectivity index (χ3n) is 0.129. The van der Waals surface area contributed by atoms with Crippen molar-refractivity contribution < 1.29 is 35.1 Å². The Hall–Kier alpha value is -0.540. The van der Waals surface area contributed by atoms with Gasteiger partial charge in [-0.1, -0.05) is 0 Å². The molecule has 76 valence electrons. The van der Waals surface area contributed by atoms with E-state index in [0.717, 1.165) is 0 Å². The van der Waals surface area contributed by atoms with E-state index in [2.05, 4.69) is 0 Å². The third-order valence-corrected chi connectivity index (χ3v) is 0.129. The van der Waals surface area contributed by atoms with Crippen LogP contribution in [0.4, 0.5) is 9.59 Å². The molecule has 0 amide bonds. The molecule has 0 atom stereocenters. The molecular formula is C4H12NNaO7. The van der Waals surface area contributed by atoms with Crippen molar-refractivity contribution in [3.05, 3.63) is 0 Å². The van der Waals surface area contributed by atoms with Crippen LogP contribution in [0.2, 0.25) is 0 Å². The maximum atomic E-state index is 8.56. The summed E-state index contributed by atoms with van der Waals surface area (Å²) in [6, 6.07) is 0. The van der Waals surface area contributed by atoms with Gasteiger partial charge in [0.15, 0.2) is 0 Å². The molecule has 0 aromatic heterocycles. The van der Waals surface area contributed by atoms with Gasteiger partial charge in [0.25, 0.3) is 0 Å². The van der Waals surface area contributed by atoms with Crippen LogP contribution in [-0.2, 0) is 0 Å². The molecule has 0 fully saturated rings. The van der Waals surface area contributed by atoms with Gasteiger partial charge in [0, 0.05) is 6.54 Å². The topological polar surface area (TPSA) is 161 Å². The van der Waals surface area contributed by atoms with Crippen molar-refractivity contribution >= 4 is 41.9 Å². The molecule has 0 saturated heterocycles. The molecule has 0 aliphatic heterocycles. The zero-order valence-electron chi connectivity index (χ0n) is 6.04. The Labute approximate surface area is 95.9 Å². The Morgan fingerprint density at radius 3 is 1.08 bits per heavy atom. The van der Waals surface area contributed by atoms with Crippen molar-refractivity contribution in [1.82, 2.24) is 0 Å². The van der Waals surface area contributed by atoms with E-state index < -0.39 is 12.3 Å². The van der Waals surface area contributed by atoms with E-state index in [1.807, 2.05) is 0 Å². The second kappa shape index (κ2) is 22.5. The molecule has 0 rings (SSSR count). The Morgan fingerprint density at radius 1 is 1.00 bits per heavy atom. The van der Waals surface area contributed by atoms with Gasteiger partial charge < -0.3 is 31.3 Å². The normalized spacial score (nSPS) is 6.00. The number of hydrogen-bond donors (Lipinski definition) is 6. The zero-order valence-corrected chi connectivity index (χ0v) is 6.04. The summed E-state index contributed by atoms with van der Waals surface area (Å²) in [6.45, 7) is 0.472. The predicted octanol–water partition coefficient (Wildman–Crippen LogP) is -1.27. The van der Waals surface area contributed by atoms with E-state index in [1.54, 1.807) is 0 Å². The Kier molecular flexibility index (Phi) is 39.6. The van der Waals surface area contributed by atoms with E-state index in [-0.39, 0.29) is 36.2 Å². The number of aliphatic hydroxyl groups is 1. The minimum absolute atomic E-state index is 0. The standard InChI is InChI=1S/C2H7NO.2CH2O3.Na.H/c3-1-2-4;2*2-1(3)4;;/h4H,1-3H2;2*(H2,2,3,4);;. The Bertz CT molecular complexity index is 97.1. The van der Waals surface area contributed by atoms with Crippen molar-refractivity contribution in [3.8, 4) is 0 Å². The molecule has 9 heteroatoms. The molecule has 8 nitrogen and oxygen atoms in total. The van der Waals surface area contributed by atoms with E-state index in [4.69, 9.17) is 40.9 Å². The van der Waals surface area contributed by atoms with Crippen molar-refractivity contribution in [3.63, 3.8) is 0 Å². The van der Waals surface area contributed by atoms with E-state index >= 15 is 0 Å². The monoisotopic (exact) mass is 209 g/mol. The third kappa shape index (κ3) is 4850. The summed E-state index contributed by atoms with van der Waals surface area (Å²) >= 11 is 0. The second-order valence-electron chi connectivity index (χ2n) is 1.08. The molecule has 0 radical (unpaired) electrons. The molecule has 0 aromatic rings. The Morgan fingerprint density at radius 2 is 1.08 bits per heavy atom. The van der Waals surface area contributed by atoms with Crippen LogP contribution >= 0.6 is 0 Å². The molecule has 0 aliphatic carbocycles. The molecule has 13 heavy (non-hydrogen) atoms. The molecule has 7 N–H and O–H groups in total. The number of carbonyl (C=O) groups is 2. The van der Waals surface area contributed by atoms with Crippen LogP contribution in [0.15, 0.2) is 0 Å². The van der Waals surface area contributed by atoms with Gasteiger partial charge in [0.1, 0.15) is 0 Å². The summed E-state index contributed by atoms with van der Waals surface area (Å²) < 4.78 is 0. The number of hydrogen-bond acceptors (Lipinski definition) is 4. The summed E-state index contributed by atoms with van der Waals surface area (Å²) in [5, 5.41) is 35.6. The first kappa shape index (κ1) is 22.9. The van der Waals surface area contributed by atoms with E-state index in [9.17, 15) is 0 Å². The minimum atomic E-state index is -1.83. The predicted molar refractivity (Wildman–Crippen MR) is 44.6 cm³/mol. The van der Waals surface area contributed by atoms with Crippen LogP contribution in [0.5, 0.6) is 0 Å². The second-order valence-corrected chi connectivity index (χ2v) is 1.08. The van der Waals surface area contributed by atoms with Gasteiger partial charge >= 0.3 is 41.9 Å². The summed E-state index contributed by atoms with van der Waals surface area (Å²) in [5.41, 5.74) is 4.78. The molecule has 0 spiro atoms. The van der Waals surface area contributed by atoms with Crippen LogP contribution < -0.4 is 5.73 Å². The molecule has 0 unspecified atom stereocenters. The summed E-state index contributed by atoms with van der Waals surface area (Å²) in [4.78, 5) is 17.1. The fourth-order valence-corrected chi connectivity index (χ4v) is 0. The average molecular weight is 209 g/mol. The van der Waals surface area contributed by atoms with Gasteiger partial charge in [0.05, 0.1) is 6.61 Å². The summed E-state index contributed by atoms with van der Waals surface area (Å²) in [5.74, 6) is 0. The quantitative estimate of drug-likeness (QED) is 0.291. The van der Waals surface area contributed by atoms with Crippen molar-refractivity contribution in [2.24, 2.45) is 5.73 Å². The van der Waals surface area contributed by atoms with Crippen molar-refractivity contribution in [2.45, 2.75) is 0 Å². The first-order chi connectivity index (χ1) is 5.38. The molecule has 0 aromatic carbocycles. The van der Waals surface area contributed by atoms with Gasteiger partial charge in [0.2, 0.25) is 0 Å². The first-order valence-electron chi connectivity index (χ1n) is 2.53. The van der Waals surface area contributed by atoms with Crippen molar-refractivity contribution in [2.75, 3.05) is 13.2 Å². The maximum absolute atomic E-state index is 8.56. The van der Waals surface area contributed by atoms with E-state index in [1.165, 1.54) is 0 Å². The van der Waals surface area contributed by atoms with Crippen LogP contribution in [0.3, 0.4) is 0 Å². The molecule has 0 aliphatic rings. The average Bonchev–Trinajstić information content (AvgIpc) is 1.85. The molecule has 0 saturated carbocycles. The Balaban J connectivity index is -0.0000000450. The van der Waals surface area contributed by atoms with Crippen LogP contribution in [-0.4, -0.2) is 80.6 Å². The SMILES string of the molecule is NCCO.O=C(O)O.O=C(O)O.[NaH]. The van der Waals surface area contributed by atoms with Gasteiger partial charge in [-0.25, -0.2) is 9.59 Å². The number of nitrogens with two attached hydrogens (primary N) is 1. The van der Waals surface area contributed by atoms with Crippen LogP contribution in [0.25, 0.3) is 0 Å². The zero-order chi connectivity index (χ0) is 10.6. The fourth-order valence-electron chi connectivity index (χ4n) is 0. The molecular weight excluding hydrogens is 197 g/mol. The summed E-state index contributed by atoms with van der Waals surface area (Å²) in [7, 11) is 0. The van der Waals surface area contributed by atoms with E-state index in [0.29, 0.717) is 6.54 Å². The molecule has 0 heterocycles. The van der Waals surface area contributed by atoms with Crippen LogP contribution in [0, 0.1) is 0 Å². The summed E-state index contributed by atoms with van der Waals surface area (Å²) in [6.07, 6.45) is -3.67. The molecule has 0 bridgehead atoms. The van der Waals surface area contributed by atoms with Crippen LogP contribution in [0.1, 0.15) is 0 Å². The van der Waals surface area contributed by atoms with Gasteiger partial charge in [-0.15, -0.1) is 0 Å². The van der Waals surface area contributed by atoms with Gasteiger partial charge in [-0.2, -0.15) is 0 Å². The number of aliphatic hydroxyl groups excluding tert-OH is 1. The number of rotatable bonds is 1.